The van der Waals surface area contributed by atoms with Crippen molar-refractivity contribution in [2.24, 2.45) is 0 Å². The molecule has 0 amide bonds. The first-order valence-corrected chi connectivity index (χ1v) is 9.74. The lowest BCUT2D eigenvalue weighted by Gasteiger charge is -2.24. The fourth-order valence-electron chi connectivity index (χ4n) is 3.30. The largest absolute Gasteiger partial charge is 0.489 e. The first kappa shape index (κ1) is 20.5. The molecule has 8 nitrogen and oxygen atoms in total. The Kier molecular flexibility index (Phi) is 6.91. The number of hydrogen-bond acceptors (Lipinski definition) is 8. The molecular formula is C21H29N7O. The fraction of sp³-hybridized carbons (Fsp3) is 0.333. The number of nitrogen functional groups attached to an aromatic ring is 3. The van der Waals surface area contributed by atoms with Gasteiger partial charge in [0.2, 0.25) is 0 Å². The van der Waals surface area contributed by atoms with Gasteiger partial charge in [-0.2, -0.15) is 0 Å². The molecule has 1 unspecified atom stereocenters. The van der Waals surface area contributed by atoms with Gasteiger partial charge in [-0.25, -0.2) is 4.98 Å². The number of benzene rings is 1. The number of nitrogens with two attached hydrogens (primary N) is 3. The van der Waals surface area contributed by atoms with Gasteiger partial charge in [-0.15, -0.1) is 0 Å². The molecule has 154 valence electrons. The van der Waals surface area contributed by atoms with Gasteiger partial charge in [0.25, 0.3) is 0 Å². The SMILES string of the molecule is N=C/C(=C\NCc1cccc(OC2CCCNC2)c1)Cc1cc(N)nc(N)c1N. The molecule has 0 radical (unpaired) electrons. The lowest BCUT2D eigenvalue weighted by atomic mass is 10.1. The third-order valence-corrected chi connectivity index (χ3v) is 4.82. The molecule has 1 atom stereocenters. The number of ether oxygens (including phenoxy) is 1. The van der Waals surface area contributed by atoms with E-state index in [1.807, 2.05) is 24.3 Å². The summed E-state index contributed by atoms with van der Waals surface area (Å²) in [5, 5.41) is 14.3. The van der Waals surface area contributed by atoms with Gasteiger partial charge in [-0.1, -0.05) is 12.1 Å². The van der Waals surface area contributed by atoms with Crippen LogP contribution in [0.1, 0.15) is 24.0 Å². The molecule has 1 saturated heterocycles. The van der Waals surface area contributed by atoms with Crippen LogP contribution < -0.4 is 32.6 Å². The third kappa shape index (κ3) is 5.86. The van der Waals surface area contributed by atoms with Crippen LogP contribution in [0, 0.1) is 5.41 Å². The van der Waals surface area contributed by atoms with Gasteiger partial charge in [0.15, 0.2) is 0 Å². The van der Waals surface area contributed by atoms with E-state index < -0.39 is 0 Å². The molecule has 0 bridgehead atoms. The normalized spacial score (nSPS) is 17.0. The molecule has 9 N–H and O–H groups in total. The Labute approximate surface area is 171 Å². The van der Waals surface area contributed by atoms with Crippen LogP contribution in [0.2, 0.25) is 0 Å². The van der Waals surface area contributed by atoms with Gasteiger partial charge >= 0.3 is 0 Å². The minimum atomic E-state index is 0.210. The topological polar surface area (TPSA) is 148 Å². The van der Waals surface area contributed by atoms with E-state index in [-0.39, 0.29) is 11.9 Å². The highest BCUT2D eigenvalue weighted by atomic mass is 16.5. The summed E-state index contributed by atoms with van der Waals surface area (Å²) in [4.78, 5) is 3.94. The minimum Gasteiger partial charge on any atom is -0.489 e. The zero-order chi connectivity index (χ0) is 20.6. The average molecular weight is 396 g/mol. The van der Waals surface area contributed by atoms with Crippen molar-refractivity contribution < 1.29 is 4.74 Å². The molecule has 0 aliphatic carbocycles. The highest BCUT2D eigenvalue weighted by Crippen LogP contribution is 2.22. The van der Waals surface area contributed by atoms with Gasteiger partial charge < -0.3 is 38.0 Å². The van der Waals surface area contributed by atoms with Gasteiger partial charge in [-0.05, 0) is 54.3 Å². The molecule has 8 heteroatoms. The second kappa shape index (κ2) is 9.79. The smallest absolute Gasteiger partial charge is 0.149 e. The van der Waals surface area contributed by atoms with Gasteiger partial charge in [0, 0.05) is 31.9 Å². The maximum atomic E-state index is 7.67. The van der Waals surface area contributed by atoms with Crippen molar-refractivity contribution >= 4 is 23.5 Å². The van der Waals surface area contributed by atoms with E-state index in [9.17, 15) is 0 Å². The first-order chi connectivity index (χ1) is 14.0. The molecule has 1 aromatic carbocycles. The summed E-state index contributed by atoms with van der Waals surface area (Å²) < 4.78 is 6.07. The van der Waals surface area contributed by atoms with Crippen molar-refractivity contribution in [3.63, 3.8) is 0 Å². The zero-order valence-corrected chi connectivity index (χ0v) is 16.4. The van der Waals surface area contributed by atoms with Crippen molar-refractivity contribution in [1.29, 1.82) is 5.41 Å². The summed E-state index contributed by atoms with van der Waals surface area (Å²) >= 11 is 0. The number of anilines is 3. The minimum absolute atomic E-state index is 0.210. The molecule has 1 aromatic heterocycles. The highest BCUT2D eigenvalue weighted by Gasteiger charge is 2.14. The predicted octanol–water partition coefficient (Wildman–Crippen LogP) is 1.82. The first-order valence-electron chi connectivity index (χ1n) is 9.74. The number of allylic oxidation sites excluding steroid dienone is 1. The van der Waals surface area contributed by atoms with Crippen LogP contribution in [0.3, 0.4) is 0 Å². The van der Waals surface area contributed by atoms with Crippen LogP contribution in [-0.2, 0) is 13.0 Å². The van der Waals surface area contributed by atoms with Crippen molar-refractivity contribution in [3.8, 4) is 5.75 Å². The van der Waals surface area contributed by atoms with Crippen LogP contribution in [-0.4, -0.2) is 30.4 Å². The van der Waals surface area contributed by atoms with Crippen molar-refractivity contribution in [3.05, 3.63) is 53.2 Å². The van der Waals surface area contributed by atoms with Crippen molar-refractivity contribution in [2.45, 2.75) is 31.9 Å². The number of pyridine rings is 1. The number of hydrogen-bond donors (Lipinski definition) is 6. The summed E-state index contributed by atoms with van der Waals surface area (Å²) in [7, 11) is 0. The summed E-state index contributed by atoms with van der Waals surface area (Å²) in [6.07, 6.45) is 5.97. The third-order valence-electron chi connectivity index (χ3n) is 4.82. The Morgan fingerprint density at radius 3 is 2.93 bits per heavy atom. The number of aromatic nitrogens is 1. The van der Waals surface area contributed by atoms with Gasteiger partial charge in [-0.3, -0.25) is 0 Å². The fourth-order valence-corrected chi connectivity index (χ4v) is 3.30. The lowest BCUT2D eigenvalue weighted by molar-refractivity contribution is 0.167. The van der Waals surface area contributed by atoms with E-state index in [1.165, 1.54) is 6.21 Å². The molecule has 2 aromatic rings. The molecule has 0 spiro atoms. The maximum absolute atomic E-state index is 7.67. The monoisotopic (exact) mass is 395 g/mol. The van der Waals surface area contributed by atoms with Gasteiger partial charge in [0.05, 0.1) is 5.69 Å². The van der Waals surface area contributed by atoms with Crippen LogP contribution >= 0.6 is 0 Å². The van der Waals surface area contributed by atoms with E-state index >= 15 is 0 Å². The number of nitrogens with zero attached hydrogens (tertiary/aromatic N) is 1. The van der Waals surface area contributed by atoms with E-state index in [2.05, 4.69) is 15.6 Å². The quantitative estimate of drug-likeness (QED) is 0.373. The van der Waals surface area contributed by atoms with Crippen LogP contribution in [0.4, 0.5) is 17.3 Å². The second-order valence-corrected chi connectivity index (χ2v) is 7.16. The molecule has 1 aliphatic rings. The van der Waals surface area contributed by atoms with Crippen LogP contribution in [0.15, 0.2) is 42.1 Å². The molecular weight excluding hydrogens is 366 g/mol. The van der Waals surface area contributed by atoms with Crippen LogP contribution in [0.25, 0.3) is 0 Å². The van der Waals surface area contributed by atoms with Crippen molar-refractivity contribution in [2.75, 3.05) is 30.3 Å². The molecule has 3 rings (SSSR count). The Hall–Kier alpha value is -3.26. The van der Waals surface area contributed by atoms with E-state index in [0.29, 0.717) is 24.5 Å². The Morgan fingerprint density at radius 1 is 1.31 bits per heavy atom. The predicted molar refractivity (Wildman–Crippen MR) is 118 cm³/mol. The molecule has 1 aliphatic heterocycles. The van der Waals surface area contributed by atoms with E-state index in [0.717, 1.165) is 48.4 Å². The summed E-state index contributed by atoms with van der Waals surface area (Å²) in [5.41, 5.74) is 20.5. The number of nitrogens with one attached hydrogen (secondary N) is 3. The summed E-state index contributed by atoms with van der Waals surface area (Å²) in [6.45, 7) is 2.57. The zero-order valence-electron chi connectivity index (χ0n) is 16.4. The maximum Gasteiger partial charge on any atom is 0.149 e. The summed E-state index contributed by atoms with van der Waals surface area (Å²) in [5.74, 6) is 1.40. The molecule has 1 fully saturated rings. The molecule has 29 heavy (non-hydrogen) atoms. The van der Waals surface area contributed by atoms with E-state index in [1.54, 1.807) is 12.3 Å². The Bertz CT molecular complexity index is 875. The highest BCUT2D eigenvalue weighted by molar-refractivity contribution is 5.78. The lowest BCUT2D eigenvalue weighted by Crippen LogP contribution is -2.37. The number of rotatable bonds is 8. The van der Waals surface area contributed by atoms with Crippen molar-refractivity contribution in [1.82, 2.24) is 15.6 Å². The van der Waals surface area contributed by atoms with Crippen LogP contribution in [0.5, 0.6) is 5.75 Å². The van der Waals surface area contributed by atoms with Gasteiger partial charge in [0.1, 0.15) is 23.5 Å². The molecule has 0 saturated carbocycles. The standard InChI is InChI=1S/C21H29N7O/c22-10-15(7-16-9-19(23)28-21(25)20(16)24)12-27-11-14-3-1-4-17(8-14)29-18-5-2-6-26-13-18/h1,3-4,8-10,12,18,22,26-27H,2,5-7,11,13,24H2,(H4,23,25,28)/b15-12-,22-10?. The summed E-state index contributed by atoms with van der Waals surface area (Å²) in [6, 6.07) is 9.75. The molecule has 2 heterocycles. The average Bonchev–Trinajstić information content (AvgIpc) is 2.72. The van der Waals surface area contributed by atoms with E-state index in [4.69, 9.17) is 27.3 Å². The Balaban J connectivity index is 1.59. The Morgan fingerprint density at radius 2 is 2.17 bits per heavy atom. The number of piperidine rings is 1. The second-order valence-electron chi connectivity index (χ2n) is 7.16.